The van der Waals surface area contributed by atoms with Crippen molar-refractivity contribution >= 4 is 9.84 Å². The fourth-order valence-corrected chi connectivity index (χ4v) is 3.51. The van der Waals surface area contributed by atoms with Crippen molar-refractivity contribution in [3.8, 4) is 0 Å². The van der Waals surface area contributed by atoms with Crippen LogP contribution in [0.15, 0.2) is 0 Å². The van der Waals surface area contributed by atoms with Gasteiger partial charge >= 0.3 is 0 Å². The van der Waals surface area contributed by atoms with E-state index in [9.17, 15) is 8.42 Å². The molecule has 1 N–H and O–H groups in total. The Balaban J connectivity index is 2.36. The van der Waals surface area contributed by atoms with Crippen molar-refractivity contribution < 1.29 is 8.42 Å². The van der Waals surface area contributed by atoms with E-state index in [0.717, 1.165) is 32.6 Å². The number of sulfone groups is 1. The van der Waals surface area contributed by atoms with E-state index in [0.29, 0.717) is 17.7 Å². The van der Waals surface area contributed by atoms with Crippen LogP contribution >= 0.6 is 0 Å². The Morgan fingerprint density at radius 3 is 2.63 bits per heavy atom. The molecular formula is C14H30N2O2S. The number of hydrogen-bond donors (Lipinski definition) is 1. The second-order valence-electron chi connectivity index (χ2n) is 6.04. The maximum atomic E-state index is 11.5. The molecule has 4 nitrogen and oxygen atoms in total. The van der Waals surface area contributed by atoms with Crippen LogP contribution in [-0.4, -0.2) is 57.0 Å². The summed E-state index contributed by atoms with van der Waals surface area (Å²) in [4.78, 5) is 2.43. The molecule has 19 heavy (non-hydrogen) atoms. The van der Waals surface area contributed by atoms with Crippen LogP contribution in [0.3, 0.4) is 0 Å². The van der Waals surface area contributed by atoms with E-state index in [1.54, 1.807) is 6.92 Å². The second kappa shape index (κ2) is 8.22. The fraction of sp³-hybridized carbons (Fsp3) is 1.00. The molecule has 1 rings (SSSR count). The lowest BCUT2D eigenvalue weighted by Crippen LogP contribution is -2.40. The molecule has 0 aromatic heterocycles. The van der Waals surface area contributed by atoms with E-state index < -0.39 is 9.84 Å². The first-order chi connectivity index (χ1) is 8.93. The molecule has 0 saturated carbocycles. The molecule has 0 amide bonds. The third kappa shape index (κ3) is 7.28. The highest BCUT2D eigenvalue weighted by molar-refractivity contribution is 7.91. The number of nitrogens with one attached hydrogen (secondary N) is 1. The standard InChI is InChI=1S/C14H30N2O2S/c1-4-19(17,18)10-6-9-16(11-13(2)3)12-14-7-5-8-15-14/h13-15H,4-12H2,1-3H3. The van der Waals surface area contributed by atoms with Crippen LogP contribution in [-0.2, 0) is 9.84 Å². The number of rotatable bonds is 9. The van der Waals surface area contributed by atoms with E-state index in [4.69, 9.17) is 0 Å². The van der Waals surface area contributed by atoms with Gasteiger partial charge in [-0.15, -0.1) is 0 Å². The van der Waals surface area contributed by atoms with Crippen molar-refractivity contribution in [1.82, 2.24) is 10.2 Å². The van der Waals surface area contributed by atoms with Gasteiger partial charge in [-0.25, -0.2) is 8.42 Å². The molecule has 1 aliphatic heterocycles. The predicted molar refractivity (Wildman–Crippen MR) is 81.2 cm³/mol. The Bertz CT molecular complexity index is 335. The highest BCUT2D eigenvalue weighted by atomic mass is 32.2. The average Bonchev–Trinajstić information content (AvgIpc) is 2.80. The fourth-order valence-electron chi connectivity index (χ4n) is 2.65. The van der Waals surface area contributed by atoms with Gasteiger partial charge < -0.3 is 10.2 Å². The zero-order valence-corrected chi connectivity index (χ0v) is 13.5. The molecule has 0 aromatic rings. The Kier molecular flexibility index (Phi) is 7.32. The lowest BCUT2D eigenvalue weighted by atomic mass is 10.1. The van der Waals surface area contributed by atoms with Crippen molar-refractivity contribution in [2.24, 2.45) is 5.92 Å². The van der Waals surface area contributed by atoms with Crippen LogP contribution in [0.1, 0.15) is 40.0 Å². The zero-order chi connectivity index (χ0) is 14.3. The van der Waals surface area contributed by atoms with Crippen molar-refractivity contribution in [1.29, 1.82) is 0 Å². The summed E-state index contributed by atoms with van der Waals surface area (Å²) in [5.41, 5.74) is 0. The van der Waals surface area contributed by atoms with Gasteiger partial charge in [-0.3, -0.25) is 0 Å². The van der Waals surface area contributed by atoms with Crippen LogP contribution in [0.2, 0.25) is 0 Å². The Morgan fingerprint density at radius 1 is 1.37 bits per heavy atom. The van der Waals surface area contributed by atoms with Gasteiger partial charge in [-0.1, -0.05) is 20.8 Å². The third-order valence-corrected chi connectivity index (χ3v) is 5.42. The highest BCUT2D eigenvalue weighted by Crippen LogP contribution is 2.09. The molecular weight excluding hydrogens is 260 g/mol. The Morgan fingerprint density at radius 2 is 2.11 bits per heavy atom. The second-order valence-corrected chi connectivity index (χ2v) is 8.51. The van der Waals surface area contributed by atoms with Gasteiger partial charge in [0.25, 0.3) is 0 Å². The Labute approximate surface area is 118 Å². The largest absolute Gasteiger partial charge is 0.313 e. The van der Waals surface area contributed by atoms with Gasteiger partial charge in [-0.2, -0.15) is 0 Å². The molecule has 1 fully saturated rings. The number of nitrogens with zero attached hydrogens (tertiary/aromatic N) is 1. The van der Waals surface area contributed by atoms with Crippen LogP contribution in [0, 0.1) is 5.92 Å². The summed E-state index contributed by atoms with van der Waals surface area (Å²) < 4.78 is 23.0. The van der Waals surface area contributed by atoms with E-state index in [-0.39, 0.29) is 5.75 Å². The van der Waals surface area contributed by atoms with Crippen molar-refractivity contribution in [3.05, 3.63) is 0 Å². The maximum absolute atomic E-state index is 11.5. The monoisotopic (exact) mass is 290 g/mol. The minimum Gasteiger partial charge on any atom is -0.313 e. The highest BCUT2D eigenvalue weighted by Gasteiger charge is 2.18. The first-order valence-electron chi connectivity index (χ1n) is 7.59. The molecule has 0 radical (unpaired) electrons. The summed E-state index contributed by atoms with van der Waals surface area (Å²) in [6.45, 7) is 10.3. The summed E-state index contributed by atoms with van der Waals surface area (Å²) in [6, 6.07) is 0.599. The molecule has 1 aliphatic rings. The van der Waals surface area contributed by atoms with E-state index >= 15 is 0 Å². The molecule has 1 saturated heterocycles. The Hall–Kier alpha value is -0.130. The summed E-state index contributed by atoms with van der Waals surface area (Å²) in [6.07, 6.45) is 3.28. The molecule has 0 aromatic carbocycles. The maximum Gasteiger partial charge on any atom is 0.150 e. The quantitative estimate of drug-likeness (QED) is 0.699. The summed E-state index contributed by atoms with van der Waals surface area (Å²) in [7, 11) is -2.81. The third-order valence-electron chi connectivity index (χ3n) is 3.63. The van der Waals surface area contributed by atoms with Crippen LogP contribution in [0.25, 0.3) is 0 Å². The molecule has 1 heterocycles. The first kappa shape index (κ1) is 16.9. The van der Waals surface area contributed by atoms with E-state index in [1.165, 1.54) is 12.8 Å². The molecule has 0 spiro atoms. The molecule has 0 aliphatic carbocycles. The smallest absolute Gasteiger partial charge is 0.150 e. The zero-order valence-electron chi connectivity index (χ0n) is 12.7. The molecule has 5 heteroatoms. The van der Waals surface area contributed by atoms with Gasteiger partial charge in [0.05, 0.1) is 5.75 Å². The predicted octanol–water partition coefficient (Wildman–Crippen LogP) is 1.52. The van der Waals surface area contributed by atoms with E-state index in [1.807, 2.05) is 0 Å². The molecule has 114 valence electrons. The number of hydrogen-bond acceptors (Lipinski definition) is 4. The van der Waals surface area contributed by atoms with Gasteiger partial charge in [0.15, 0.2) is 0 Å². The SMILES string of the molecule is CCS(=O)(=O)CCCN(CC(C)C)CC1CCCN1. The topological polar surface area (TPSA) is 49.4 Å². The lowest BCUT2D eigenvalue weighted by Gasteiger charge is -2.27. The van der Waals surface area contributed by atoms with Gasteiger partial charge in [0.1, 0.15) is 9.84 Å². The average molecular weight is 290 g/mol. The molecule has 0 bridgehead atoms. The summed E-state index contributed by atoms with van der Waals surface area (Å²) in [5, 5.41) is 3.52. The summed E-state index contributed by atoms with van der Waals surface area (Å²) in [5.74, 6) is 1.22. The van der Waals surface area contributed by atoms with Gasteiger partial charge in [0.2, 0.25) is 0 Å². The van der Waals surface area contributed by atoms with Crippen LogP contribution in [0.5, 0.6) is 0 Å². The lowest BCUT2D eigenvalue weighted by molar-refractivity contribution is 0.224. The van der Waals surface area contributed by atoms with E-state index in [2.05, 4.69) is 24.1 Å². The van der Waals surface area contributed by atoms with Crippen LogP contribution in [0.4, 0.5) is 0 Å². The molecule has 1 atom stereocenters. The normalized spacial score (nSPS) is 20.6. The van der Waals surface area contributed by atoms with Crippen LogP contribution < -0.4 is 5.32 Å². The van der Waals surface area contributed by atoms with Gasteiger partial charge in [0, 0.05) is 24.9 Å². The van der Waals surface area contributed by atoms with Gasteiger partial charge in [-0.05, 0) is 38.3 Å². The molecule has 1 unspecified atom stereocenters. The summed E-state index contributed by atoms with van der Waals surface area (Å²) >= 11 is 0. The minimum atomic E-state index is -2.81. The van der Waals surface area contributed by atoms with Crippen molar-refractivity contribution in [3.63, 3.8) is 0 Å². The first-order valence-corrected chi connectivity index (χ1v) is 9.41. The van der Waals surface area contributed by atoms with Crippen molar-refractivity contribution in [2.75, 3.05) is 37.7 Å². The van der Waals surface area contributed by atoms with Crippen molar-refractivity contribution in [2.45, 2.75) is 46.1 Å². The minimum absolute atomic E-state index is 0.265.